The van der Waals surface area contributed by atoms with Crippen molar-refractivity contribution in [3.05, 3.63) is 0 Å². The highest BCUT2D eigenvalue weighted by atomic mass is 32.2. The summed E-state index contributed by atoms with van der Waals surface area (Å²) in [6, 6.07) is 0. The lowest BCUT2D eigenvalue weighted by atomic mass is 10.2. The highest BCUT2D eigenvalue weighted by molar-refractivity contribution is 8.00. The number of rotatable bonds is 6. The van der Waals surface area contributed by atoms with Crippen LogP contribution in [0.1, 0.15) is 19.3 Å². The average Bonchev–Trinajstić information content (AvgIpc) is 2.24. The van der Waals surface area contributed by atoms with Gasteiger partial charge in [-0.05, 0) is 25.1 Å². The minimum atomic E-state index is -2.93. The smallest absolute Gasteiger partial charge is 0.164 e. The molecule has 1 fully saturated rings. The summed E-state index contributed by atoms with van der Waals surface area (Å²) < 4.78 is 23.2. The van der Waals surface area contributed by atoms with E-state index < -0.39 is 9.84 Å². The van der Waals surface area contributed by atoms with E-state index in [0.717, 1.165) is 49.6 Å². The average molecular weight is 283 g/mol. The topological polar surface area (TPSA) is 37.4 Å². The van der Waals surface area contributed by atoms with E-state index >= 15 is 0 Å². The third-order valence-corrected chi connectivity index (χ3v) is 5.79. The molecule has 0 bridgehead atoms. The van der Waals surface area contributed by atoms with Gasteiger partial charge in [0.05, 0.1) is 0 Å². The molecule has 0 saturated carbocycles. The molecule has 1 unspecified atom stereocenters. The molecule has 1 heterocycles. The van der Waals surface area contributed by atoms with Gasteiger partial charge in [-0.2, -0.15) is 24.4 Å². The van der Waals surface area contributed by atoms with Gasteiger partial charge in [-0.1, -0.05) is 6.42 Å². The molecule has 0 radical (unpaired) electrons. The van der Waals surface area contributed by atoms with Gasteiger partial charge in [0.25, 0.3) is 0 Å². The number of hydrogen-bond donors (Lipinski definition) is 1. The molecule has 0 spiro atoms. The van der Waals surface area contributed by atoms with E-state index in [1.54, 1.807) is 11.8 Å². The number of sulfone groups is 1. The number of unbranched alkanes of at least 4 members (excludes halogenated alkanes) is 2. The fourth-order valence-corrected chi connectivity index (χ4v) is 5.07. The van der Waals surface area contributed by atoms with Gasteiger partial charge in [0.15, 0.2) is 9.84 Å². The molecule has 1 atom stereocenters. The SMILES string of the molecule is CS(=O)(=O)C1CSCCN1CCCCCS. The summed E-state index contributed by atoms with van der Waals surface area (Å²) in [7, 11) is -2.93. The Morgan fingerprint density at radius 1 is 1.38 bits per heavy atom. The van der Waals surface area contributed by atoms with Crippen molar-refractivity contribution >= 4 is 34.2 Å². The zero-order valence-electron chi connectivity index (χ0n) is 9.76. The summed E-state index contributed by atoms with van der Waals surface area (Å²) >= 11 is 5.92. The predicted octanol–water partition coefficient (Wildman–Crippen LogP) is 1.51. The maximum Gasteiger partial charge on any atom is 0.164 e. The summed E-state index contributed by atoms with van der Waals surface area (Å²) in [5, 5.41) is -0.262. The van der Waals surface area contributed by atoms with E-state index in [9.17, 15) is 8.42 Å². The van der Waals surface area contributed by atoms with Gasteiger partial charge < -0.3 is 0 Å². The maximum absolute atomic E-state index is 11.6. The van der Waals surface area contributed by atoms with E-state index in [0.29, 0.717) is 0 Å². The fraction of sp³-hybridized carbons (Fsp3) is 1.00. The van der Waals surface area contributed by atoms with Crippen molar-refractivity contribution in [1.82, 2.24) is 4.90 Å². The fourth-order valence-electron chi connectivity index (χ4n) is 1.87. The second-order valence-corrected chi connectivity index (χ2v) is 7.98. The zero-order chi connectivity index (χ0) is 12.0. The summed E-state index contributed by atoms with van der Waals surface area (Å²) in [4.78, 5) is 2.13. The van der Waals surface area contributed by atoms with E-state index in [4.69, 9.17) is 0 Å². The Bertz CT molecular complexity index is 292. The monoisotopic (exact) mass is 283 g/mol. The number of thioether (sulfide) groups is 1. The Morgan fingerprint density at radius 3 is 2.75 bits per heavy atom. The first-order chi connectivity index (χ1) is 7.55. The second-order valence-electron chi connectivity index (χ2n) is 4.18. The molecule has 0 aromatic heterocycles. The Kier molecular flexibility index (Phi) is 6.54. The first-order valence-corrected chi connectivity index (χ1v) is 9.41. The van der Waals surface area contributed by atoms with E-state index in [1.807, 2.05) is 0 Å². The van der Waals surface area contributed by atoms with Crippen LogP contribution in [0.4, 0.5) is 0 Å². The molecule has 16 heavy (non-hydrogen) atoms. The van der Waals surface area contributed by atoms with Crippen molar-refractivity contribution in [2.45, 2.75) is 24.6 Å². The molecule has 0 aromatic carbocycles. The molecule has 1 rings (SSSR count). The van der Waals surface area contributed by atoms with Gasteiger partial charge in [-0.15, -0.1) is 0 Å². The van der Waals surface area contributed by atoms with Crippen LogP contribution in [-0.4, -0.2) is 55.3 Å². The largest absolute Gasteiger partial charge is 0.286 e. The van der Waals surface area contributed by atoms with Crippen molar-refractivity contribution in [3.63, 3.8) is 0 Å². The highest BCUT2D eigenvalue weighted by Crippen LogP contribution is 2.20. The molecule has 3 nitrogen and oxygen atoms in total. The molecule has 0 N–H and O–H groups in total. The first kappa shape index (κ1) is 14.7. The third-order valence-electron chi connectivity index (χ3n) is 2.79. The summed E-state index contributed by atoms with van der Waals surface area (Å²) in [6.45, 7) is 1.81. The van der Waals surface area contributed by atoms with Crippen LogP contribution >= 0.6 is 24.4 Å². The van der Waals surface area contributed by atoms with Crippen LogP contribution in [0, 0.1) is 0 Å². The Morgan fingerprint density at radius 2 is 2.12 bits per heavy atom. The Hall–Kier alpha value is 0.610. The van der Waals surface area contributed by atoms with E-state index in [1.165, 1.54) is 6.26 Å². The minimum Gasteiger partial charge on any atom is -0.286 e. The van der Waals surface area contributed by atoms with Crippen LogP contribution in [0.15, 0.2) is 0 Å². The van der Waals surface area contributed by atoms with Gasteiger partial charge in [0.1, 0.15) is 5.37 Å². The summed E-state index contributed by atoms with van der Waals surface area (Å²) in [6.07, 6.45) is 4.69. The summed E-state index contributed by atoms with van der Waals surface area (Å²) in [5.74, 6) is 2.70. The normalized spacial score (nSPS) is 23.5. The number of nitrogens with zero attached hydrogens (tertiary/aromatic N) is 1. The van der Waals surface area contributed by atoms with E-state index in [2.05, 4.69) is 17.5 Å². The maximum atomic E-state index is 11.6. The van der Waals surface area contributed by atoms with E-state index in [-0.39, 0.29) is 5.37 Å². The Labute approximate surface area is 109 Å². The molecule has 6 heteroatoms. The minimum absolute atomic E-state index is 0.262. The van der Waals surface area contributed by atoms with Gasteiger partial charge in [0.2, 0.25) is 0 Å². The lowest BCUT2D eigenvalue weighted by molar-refractivity contribution is 0.265. The molecule has 1 aliphatic heterocycles. The van der Waals surface area contributed by atoms with Gasteiger partial charge in [-0.3, -0.25) is 4.90 Å². The van der Waals surface area contributed by atoms with Crippen molar-refractivity contribution in [2.75, 3.05) is 36.6 Å². The molecule has 1 aliphatic rings. The number of hydrogen-bond acceptors (Lipinski definition) is 5. The van der Waals surface area contributed by atoms with Crippen molar-refractivity contribution in [1.29, 1.82) is 0 Å². The molecule has 0 aliphatic carbocycles. The molecule has 96 valence electrons. The standard InChI is InChI=1S/C10H21NO2S3/c1-16(12,13)10-9-15-8-6-11(10)5-3-2-4-7-14/h10,14H,2-9H2,1H3. The van der Waals surface area contributed by atoms with Crippen LogP contribution in [0.2, 0.25) is 0 Å². The predicted molar refractivity (Wildman–Crippen MR) is 75.2 cm³/mol. The number of thiol groups is 1. The van der Waals surface area contributed by atoms with Crippen molar-refractivity contribution in [2.24, 2.45) is 0 Å². The van der Waals surface area contributed by atoms with Crippen LogP contribution in [-0.2, 0) is 9.84 Å². The first-order valence-electron chi connectivity index (χ1n) is 5.67. The molecular weight excluding hydrogens is 262 g/mol. The van der Waals surface area contributed by atoms with Crippen molar-refractivity contribution < 1.29 is 8.42 Å². The third kappa shape index (κ3) is 4.85. The summed E-state index contributed by atoms with van der Waals surface area (Å²) in [5.41, 5.74) is 0. The van der Waals surface area contributed by atoms with Crippen LogP contribution < -0.4 is 0 Å². The van der Waals surface area contributed by atoms with Crippen molar-refractivity contribution in [3.8, 4) is 0 Å². The zero-order valence-corrected chi connectivity index (χ0v) is 12.3. The lowest BCUT2D eigenvalue weighted by Gasteiger charge is -2.33. The molecule has 1 saturated heterocycles. The van der Waals surface area contributed by atoms with Gasteiger partial charge in [-0.25, -0.2) is 8.42 Å². The van der Waals surface area contributed by atoms with Gasteiger partial charge in [0, 0.05) is 24.3 Å². The van der Waals surface area contributed by atoms with Gasteiger partial charge >= 0.3 is 0 Å². The Balaban J connectivity index is 2.42. The van der Waals surface area contributed by atoms with Crippen LogP contribution in [0.25, 0.3) is 0 Å². The quantitative estimate of drug-likeness (QED) is 0.592. The molecule has 0 amide bonds. The highest BCUT2D eigenvalue weighted by Gasteiger charge is 2.30. The lowest BCUT2D eigenvalue weighted by Crippen LogP contribution is -2.47. The second kappa shape index (κ2) is 7.13. The van der Waals surface area contributed by atoms with Crippen LogP contribution in [0.5, 0.6) is 0 Å². The molecular formula is C10H21NO2S3. The van der Waals surface area contributed by atoms with Crippen LogP contribution in [0.3, 0.4) is 0 Å². The molecule has 0 aromatic rings.